The van der Waals surface area contributed by atoms with Crippen LogP contribution in [0.2, 0.25) is 0 Å². The Hall–Kier alpha value is -1.94. The standard InChI is InChI=1S/C15H19N3O/c1-11-12(2)18-15(9-16-11)17-8-13-6-4-5-7-14(13)10-19-3/h4-7,9H,8,10H2,1-3H3,(H,17,18). The van der Waals surface area contributed by atoms with Gasteiger partial charge in [-0.1, -0.05) is 24.3 Å². The minimum Gasteiger partial charge on any atom is -0.380 e. The normalized spacial score (nSPS) is 10.5. The summed E-state index contributed by atoms with van der Waals surface area (Å²) in [5, 5.41) is 3.30. The molecular formula is C15H19N3O. The first-order chi connectivity index (χ1) is 9.20. The monoisotopic (exact) mass is 257 g/mol. The SMILES string of the molecule is COCc1ccccc1CNc1cnc(C)c(C)n1. The highest BCUT2D eigenvalue weighted by Gasteiger charge is 2.03. The average Bonchev–Trinajstić information content (AvgIpc) is 2.42. The Morgan fingerprint density at radius 2 is 1.84 bits per heavy atom. The zero-order chi connectivity index (χ0) is 13.7. The van der Waals surface area contributed by atoms with E-state index in [0.717, 1.165) is 23.8 Å². The summed E-state index contributed by atoms with van der Waals surface area (Å²) in [6, 6.07) is 8.22. The number of hydrogen-bond acceptors (Lipinski definition) is 4. The van der Waals surface area contributed by atoms with Crippen LogP contribution in [-0.2, 0) is 17.9 Å². The lowest BCUT2D eigenvalue weighted by Gasteiger charge is -2.11. The molecule has 1 heterocycles. The Balaban J connectivity index is 2.07. The van der Waals surface area contributed by atoms with E-state index in [-0.39, 0.29) is 0 Å². The quantitative estimate of drug-likeness (QED) is 0.894. The van der Waals surface area contributed by atoms with E-state index in [1.807, 2.05) is 26.0 Å². The van der Waals surface area contributed by atoms with E-state index in [9.17, 15) is 0 Å². The Kier molecular flexibility index (Phi) is 4.47. The molecule has 4 nitrogen and oxygen atoms in total. The third-order valence-electron chi connectivity index (χ3n) is 3.07. The second-order valence-corrected chi connectivity index (χ2v) is 4.48. The van der Waals surface area contributed by atoms with Crippen molar-refractivity contribution >= 4 is 5.82 Å². The minimum atomic E-state index is 0.621. The fourth-order valence-electron chi connectivity index (χ4n) is 1.84. The molecule has 2 aromatic rings. The molecule has 0 atom stereocenters. The molecule has 1 N–H and O–H groups in total. The van der Waals surface area contributed by atoms with Gasteiger partial charge >= 0.3 is 0 Å². The van der Waals surface area contributed by atoms with E-state index in [1.54, 1.807) is 13.3 Å². The summed E-state index contributed by atoms with van der Waals surface area (Å²) in [6.45, 7) is 5.26. The highest BCUT2D eigenvalue weighted by Crippen LogP contribution is 2.12. The smallest absolute Gasteiger partial charge is 0.145 e. The van der Waals surface area contributed by atoms with Gasteiger partial charge in [-0.15, -0.1) is 0 Å². The Morgan fingerprint density at radius 3 is 2.53 bits per heavy atom. The van der Waals surface area contributed by atoms with Crippen molar-refractivity contribution in [3.63, 3.8) is 0 Å². The van der Waals surface area contributed by atoms with E-state index in [4.69, 9.17) is 4.74 Å². The van der Waals surface area contributed by atoms with Crippen molar-refractivity contribution in [1.82, 2.24) is 9.97 Å². The molecule has 4 heteroatoms. The number of aryl methyl sites for hydroxylation is 2. The second-order valence-electron chi connectivity index (χ2n) is 4.48. The molecule has 0 aliphatic carbocycles. The second kappa shape index (κ2) is 6.29. The van der Waals surface area contributed by atoms with Crippen molar-refractivity contribution in [3.05, 3.63) is 53.0 Å². The largest absolute Gasteiger partial charge is 0.380 e. The van der Waals surface area contributed by atoms with Gasteiger partial charge in [0.05, 0.1) is 24.2 Å². The van der Waals surface area contributed by atoms with Crippen molar-refractivity contribution in [3.8, 4) is 0 Å². The summed E-state index contributed by atoms with van der Waals surface area (Å²) in [7, 11) is 1.71. The van der Waals surface area contributed by atoms with Crippen LogP contribution in [0.15, 0.2) is 30.5 Å². The molecule has 0 unspecified atom stereocenters. The van der Waals surface area contributed by atoms with Crippen LogP contribution in [-0.4, -0.2) is 17.1 Å². The lowest BCUT2D eigenvalue weighted by atomic mass is 10.1. The van der Waals surface area contributed by atoms with Crippen LogP contribution in [0.5, 0.6) is 0 Å². The number of rotatable bonds is 5. The van der Waals surface area contributed by atoms with E-state index in [2.05, 4.69) is 27.4 Å². The van der Waals surface area contributed by atoms with Crippen molar-refractivity contribution in [1.29, 1.82) is 0 Å². The van der Waals surface area contributed by atoms with Gasteiger partial charge in [0, 0.05) is 13.7 Å². The molecule has 0 aliphatic rings. The van der Waals surface area contributed by atoms with Crippen molar-refractivity contribution in [2.45, 2.75) is 27.0 Å². The molecule has 1 aromatic carbocycles. The summed E-state index contributed by atoms with van der Waals surface area (Å²) in [5.41, 5.74) is 4.32. The molecule has 100 valence electrons. The van der Waals surface area contributed by atoms with Crippen molar-refractivity contribution in [2.24, 2.45) is 0 Å². The van der Waals surface area contributed by atoms with Crippen molar-refractivity contribution in [2.75, 3.05) is 12.4 Å². The van der Waals surface area contributed by atoms with Gasteiger partial charge in [-0.25, -0.2) is 4.98 Å². The molecule has 0 saturated carbocycles. The summed E-state index contributed by atoms with van der Waals surface area (Å²) in [5.74, 6) is 0.801. The molecule has 0 amide bonds. The molecule has 2 rings (SSSR count). The topological polar surface area (TPSA) is 47.0 Å². The van der Waals surface area contributed by atoms with Gasteiger partial charge in [0.25, 0.3) is 0 Å². The summed E-state index contributed by atoms with van der Waals surface area (Å²) in [4.78, 5) is 8.76. The van der Waals surface area contributed by atoms with Crippen molar-refractivity contribution < 1.29 is 4.74 Å². The Labute approximate surface area is 113 Å². The molecular weight excluding hydrogens is 238 g/mol. The predicted molar refractivity (Wildman–Crippen MR) is 76.0 cm³/mol. The van der Waals surface area contributed by atoms with Gasteiger partial charge in [0.15, 0.2) is 0 Å². The van der Waals surface area contributed by atoms with Crippen LogP contribution in [0.4, 0.5) is 5.82 Å². The van der Waals surface area contributed by atoms with Gasteiger partial charge in [0.2, 0.25) is 0 Å². The van der Waals surface area contributed by atoms with E-state index >= 15 is 0 Å². The number of anilines is 1. The number of hydrogen-bond donors (Lipinski definition) is 1. The number of benzene rings is 1. The highest BCUT2D eigenvalue weighted by molar-refractivity contribution is 5.36. The number of methoxy groups -OCH3 is 1. The third-order valence-corrected chi connectivity index (χ3v) is 3.07. The number of nitrogens with one attached hydrogen (secondary N) is 1. The van der Waals surface area contributed by atoms with Crippen LogP contribution < -0.4 is 5.32 Å². The highest BCUT2D eigenvalue weighted by atomic mass is 16.5. The Morgan fingerprint density at radius 1 is 1.11 bits per heavy atom. The minimum absolute atomic E-state index is 0.621. The molecule has 1 aromatic heterocycles. The summed E-state index contributed by atoms with van der Waals surface area (Å²) < 4.78 is 5.20. The van der Waals surface area contributed by atoms with Gasteiger partial charge in [0.1, 0.15) is 5.82 Å². The molecule has 0 spiro atoms. The average molecular weight is 257 g/mol. The third kappa shape index (κ3) is 3.51. The zero-order valence-corrected chi connectivity index (χ0v) is 11.6. The van der Waals surface area contributed by atoms with Gasteiger partial charge < -0.3 is 10.1 Å². The number of nitrogens with zero attached hydrogens (tertiary/aromatic N) is 2. The van der Waals surface area contributed by atoms with Crippen LogP contribution >= 0.6 is 0 Å². The lowest BCUT2D eigenvalue weighted by Crippen LogP contribution is -2.06. The molecule has 0 aliphatic heterocycles. The van der Waals surface area contributed by atoms with Gasteiger partial charge in [-0.05, 0) is 25.0 Å². The zero-order valence-electron chi connectivity index (χ0n) is 11.6. The first kappa shape index (κ1) is 13.5. The maximum absolute atomic E-state index is 5.20. The first-order valence-corrected chi connectivity index (χ1v) is 6.30. The Bertz CT molecular complexity index is 555. The van der Waals surface area contributed by atoms with Gasteiger partial charge in [-0.3, -0.25) is 4.98 Å². The number of ether oxygens (including phenoxy) is 1. The lowest BCUT2D eigenvalue weighted by molar-refractivity contribution is 0.184. The van der Waals surface area contributed by atoms with Crippen LogP contribution in [0.3, 0.4) is 0 Å². The van der Waals surface area contributed by atoms with Crippen LogP contribution in [0.25, 0.3) is 0 Å². The maximum Gasteiger partial charge on any atom is 0.145 e. The molecule has 0 radical (unpaired) electrons. The first-order valence-electron chi connectivity index (χ1n) is 6.30. The fraction of sp³-hybridized carbons (Fsp3) is 0.333. The molecule has 0 bridgehead atoms. The fourth-order valence-corrected chi connectivity index (χ4v) is 1.84. The predicted octanol–water partition coefficient (Wildman–Crippen LogP) is 2.85. The summed E-state index contributed by atoms with van der Waals surface area (Å²) >= 11 is 0. The van der Waals surface area contributed by atoms with Crippen LogP contribution in [0, 0.1) is 13.8 Å². The van der Waals surface area contributed by atoms with E-state index in [0.29, 0.717) is 6.61 Å². The van der Waals surface area contributed by atoms with E-state index < -0.39 is 0 Å². The van der Waals surface area contributed by atoms with E-state index in [1.165, 1.54) is 11.1 Å². The van der Waals surface area contributed by atoms with Crippen LogP contribution in [0.1, 0.15) is 22.5 Å². The molecule has 0 saturated heterocycles. The molecule has 0 fully saturated rings. The van der Waals surface area contributed by atoms with Gasteiger partial charge in [-0.2, -0.15) is 0 Å². The number of aromatic nitrogens is 2. The maximum atomic E-state index is 5.20. The molecule has 19 heavy (non-hydrogen) atoms. The summed E-state index contributed by atoms with van der Waals surface area (Å²) in [6.07, 6.45) is 1.77.